The first kappa shape index (κ1) is 54.3. The number of hydrogen-bond donors (Lipinski definition) is 0. The van der Waals surface area contributed by atoms with Crippen LogP contribution in [0, 0.1) is 0 Å². The van der Waals surface area contributed by atoms with Gasteiger partial charge in [0, 0.05) is 19.3 Å². The summed E-state index contributed by atoms with van der Waals surface area (Å²) in [6.07, 6.45) is 59.6. The third-order valence-electron chi connectivity index (χ3n) is 9.52. The smallest absolute Gasteiger partial charge is 0.306 e. The average Bonchev–Trinajstić information content (AvgIpc) is 3.22. The van der Waals surface area contributed by atoms with Crippen molar-refractivity contribution in [1.29, 1.82) is 0 Å². The molecule has 6 nitrogen and oxygen atoms in total. The lowest BCUT2D eigenvalue weighted by molar-refractivity contribution is -0.167. The fourth-order valence-electron chi connectivity index (χ4n) is 6.06. The number of esters is 3. The number of carbonyl (C=O) groups excluding carboxylic acids is 3. The average molecular weight is 805 g/mol. The summed E-state index contributed by atoms with van der Waals surface area (Å²) in [7, 11) is 0. The van der Waals surface area contributed by atoms with Crippen molar-refractivity contribution in [2.45, 2.75) is 200 Å². The molecule has 1 atom stereocenters. The van der Waals surface area contributed by atoms with E-state index in [4.69, 9.17) is 14.2 Å². The van der Waals surface area contributed by atoms with Crippen LogP contribution in [0.4, 0.5) is 0 Å². The van der Waals surface area contributed by atoms with Crippen LogP contribution in [-0.2, 0) is 28.6 Å². The Morgan fingerprint density at radius 3 is 1.10 bits per heavy atom. The highest BCUT2D eigenvalue weighted by atomic mass is 16.6. The van der Waals surface area contributed by atoms with Gasteiger partial charge in [-0.25, -0.2) is 0 Å². The van der Waals surface area contributed by atoms with Crippen LogP contribution in [0.15, 0.2) is 97.2 Å². The van der Waals surface area contributed by atoms with Crippen LogP contribution in [-0.4, -0.2) is 37.2 Å². The maximum Gasteiger partial charge on any atom is 0.306 e. The van der Waals surface area contributed by atoms with E-state index >= 15 is 0 Å². The second kappa shape index (κ2) is 46.0. The van der Waals surface area contributed by atoms with Gasteiger partial charge in [0.2, 0.25) is 0 Å². The number of allylic oxidation sites excluding steroid dienone is 16. The summed E-state index contributed by atoms with van der Waals surface area (Å²) in [5, 5.41) is 0. The van der Waals surface area contributed by atoms with Crippen molar-refractivity contribution in [1.82, 2.24) is 0 Å². The standard InChI is InChI=1S/C52H84O6/c1-4-7-10-13-16-19-22-25-26-28-30-33-36-39-42-45-51(54)57-48-49(47-56-50(53)44-41-38-35-32-29-24-21-18-15-12-9-6-3)58-52(55)46-43-40-37-34-31-27-23-20-17-14-11-8-5-2/h7-8,10-11,13-14,16-17,19-20,22-23,27,31,34,37,49H,4-6,9,12,15,18,21,24-26,28-30,32-33,35-36,38-48H2,1-3H3/b10-7-,11-8-,16-13-,17-14-,22-19-,23-20-,31-27-,37-34-. The zero-order valence-corrected chi connectivity index (χ0v) is 37.3. The van der Waals surface area contributed by atoms with Gasteiger partial charge in [0.25, 0.3) is 0 Å². The minimum Gasteiger partial charge on any atom is -0.462 e. The summed E-state index contributed by atoms with van der Waals surface area (Å²) >= 11 is 0. The topological polar surface area (TPSA) is 78.9 Å². The van der Waals surface area contributed by atoms with Gasteiger partial charge < -0.3 is 14.2 Å². The second-order valence-electron chi connectivity index (χ2n) is 15.1. The predicted molar refractivity (Wildman–Crippen MR) is 247 cm³/mol. The molecule has 1 unspecified atom stereocenters. The Balaban J connectivity index is 4.51. The normalized spacial score (nSPS) is 12.9. The van der Waals surface area contributed by atoms with E-state index in [1.807, 2.05) is 54.7 Å². The number of rotatable bonds is 40. The highest BCUT2D eigenvalue weighted by Gasteiger charge is 2.19. The molecule has 0 fully saturated rings. The SMILES string of the molecule is CC\C=C/C=C\C=C/C=C\C=C/CCCC(=O)OC(COC(=O)CCCCCCCCC\C=C/C=C\C=C/CC)COC(=O)CCCCCCCCCCCCCC. The van der Waals surface area contributed by atoms with Gasteiger partial charge in [-0.1, -0.05) is 221 Å². The zero-order valence-electron chi connectivity index (χ0n) is 37.3. The van der Waals surface area contributed by atoms with E-state index in [-0.39, 0.29) is 37.5 Å². The van der Waals surface area contributed by atoms with Crippen LogP contribution in [0.3, 0.4) is 0 Å². The first-order chi connectivity index (χ1) is 28.5. The highest BCUT2D eigenvalue weighted by Crippen LogP contribution is 2.14. The Hall–Kier alpha value is -3.67. The summed E-state index contributed by atoms with van der Waals surface area (Å²) in [5.74, 6) is -1.00. The molecular formula is C52H84O6. The van der Waals surface area contributed by atoms with Crippen LogP contribution < -0.4 is 0 Å². The maximum atomic E-state index is 12.7. The summed E-state index contributed by atoms with van der Waals surface area (Å²) in [6.45, 7) is 6.27. The maximum absolute atomic E-state index is 12.7. The van der Waals surface area contributed by atoms with E-state index in [2.05, 4.69) is 63.3 Å². The quantitative estimate of drug-likeness (QED) is 0.0266. The molecule has 0 aromatic rings. The van der Waals surface area contributed by atoms with E-state index in [1.54, 1.807) is 0 Å². The monoisotopic (exact) mass is 805 g/mol. The van der Waals surface area contributed by atoms with Crippen molar-refractivity contribution >= 4 is 17.9 Å². The second-order valence-corrected chi connectivity index (χ2v) is 15.1. The lowest BCUT2D eigenvalue weighted by atomic mass is 10.0. The highest BCUT2D eigenvalue weighted by molar-refractivity contribution is 5.71. The number of ether oxygens (including phenoxy) is 3. The van der Waals surface area contributed by atoms with E-state index in [1.165, 1.54) is 83.5 Å². The first-order valence-electron chi connectivity index (χ1n) is 23.3. The fraction of sp³-hybridized carbons (Fsp3) is 0.635. The Labute approximate surface area is 356 Å². The van der Waals surface area contributed by atoms with Gasteiger partial charge >= 0.3 is 17.9 Å². The molecule has 0 aliphatic heterocycles. The van der Waals surface area contributed by atoms with Crippen molar-refractivity contribution in [2.24, 2.45) is 0 Å². The first-order valence-corrected chi connectivity index (χ1v) is 23.3. The molecule has 58 heavy (non-hydrogen) atoms. The molecule has 0 N–H and O–H groups in total. The lowest BCUT2D eigenvalue weighted by Gasteiger charge is -2.18. The summed E-state index contributed by atoms with van der Waals surface area (Å²) in [6, 6.07) is 0. The Bertz CT molecular complexity index is 1200. The molecule has 0 saturated carbocycles. The molecule has 0 radical (unpaired) electrons. The van der Waals surface area contributed by atoms with E-state index in [0.29, 0.717) is 19.3 Å². The Morgan fingerprint density at radius 1 is 0.362 bits per heavy atom. The van der Waals surface area contributed by atoms with Gasteiger partial charge in [0.05, 0.1) is 0 Å². The number of carbonyl (C=O) groups is 3. The molecule has 0 saturated heterocycles. The summed E-state index contributed by atoms with van der Waals surface area (Å²) in [5.41, 5.74) is 0. The third kappa shape index (κ3) is 43.5. The van der Waals surface area contributed by atoms with Gasteiger partial charge in [0.1, 0.15) is 13.2 Å². The van der Waals surface area contributed by atoms with Crippen molar-refractivity contribution in [3.8, 4) is 0 Å². The molecular weight excluding hydrogens is 721 g/mol. The fourth-order valence-corrected chi connectivity index (χ4v) is 6.06. The van der Waals surface area contributed by atoms with Gasteiger partial charge in [-0.3, -0.25) is 14.4 Å². The Morgan fingerprint density at radius 2 is 0.690 bits per heavy atom. The van der Waals surface area contributed by atoms with Crippen LogP contribution in [0.25, 0.3) is 0 Å². The van der Waals surface area contributed by atoms with Crippen LogP contribution in [0.2, 0.25) is 0 Å². The van der Waals surface area contributed by atoms with Gasteiger partial charge in [0.15, 0.2) is 6.10 Å². The van der Waals surface area contributed by atoms with Crippen LogP contribution >= 0.6 is 0 Å². The van der Waals surface area contributed by atoms with Crippen molar-refractivity contribution in [3.05, 3.63) is 97.2 Å². The minimum absolute atomic E-state index is 0.110. The molecule has 328 valence electrons. The van der Waals surface area contributed by atoms with Crippen LogP contribution in [0.1, 0.15) is 194 Å². The molecule has 0 aromatic carbocycles. The molecule has 0 spiro atoms. The molecule has 0 aliphatic carbocycles. The van der Waals surface area contributed by atoms with Gasteiger partial charge in [-0.15, -0.1) is 0 Å². The van der Waals surface area contributed by atoms with Gasteiger partial charge in [-0.05, 0) is 51.4 Å². The van der Waals surface area contributed by atoms with E-state index in [0.717, 1.165) is 64.2 Å². The number of hydrogen-bond acceptors (Lipinski definition) is 6. The summed E-state index contributed by atoms with van der Waals surface area (Å²) in [4.78, 5) is 37.8. The zero-order chi connectivity index (χ0) is 42.3. The molecule has 0 bridgehead atoms. The van der Waals surface area contributed by atoms with Crippen molar-refractivity contribution in [3.63, 3.8) is 0 Å². The molecule has 0 heterocycles. The Kier molecular flexibility index (Phi) is 43.1. The molecule has 6 heteroatoms. The molecule has 0 aliphatic rings. The predicted octanol–water partition coefficient (Wildman–Crippen LogP) is 15.0. The van der Waals surface area contributed by atoms with Crippen LogP contribution in [0.5, 0.6) is 0 Å². The van der Waals surface area contributed by atoms with E-state index in [9.17, 15) is 14.4 Å². The van der Waals surface area contributed by atoms with E-state index < -0.39 is 6.10 Å². The lowest BCUT2D eigenvalue weighted by Crippen LogP contribution is -2.30. The molecule has 0 rings (SSSR count). The molecule has 0 amide bonds. The van der Waals surface area contributed by atoms with Crippen molar-refractivity contribution in [2.75, 3.05) is 13.2 Å². The van der Waals surface area contributed by atoms with Gasteiger partial charge in [-0.2, -0.15) is 0 Å². The molecule has 0 aromatic heterocycles. The number of unbranched alkanes of at least 4 members (excludes halogenated alkanes) is 19. The van der Waals surface area contributed by atoms with Crippen molar-refractivity contribution < 1.29 is 28.6 Å². The summed E-state index contributed by atoms with van der Waals surface area (Å²) < 4.78 is 16.6. The largest absolute Gasteiger partial charge is 0.462 e. The third-order valence-corrected chi connectivity index (χ3v) is 9.52. The minimum atomic E-state index is -0.817.